The molecule has 8 N–H and O–H groups in total. The highest BCUT2D eigenvalue weighted by atomic mass is 16.5. The van der Waals surface area contributed by atoms with Gasteiger partial charge in [-0.15, -0.1) is 0 Å². The lowest BCUT2D eigenvalue weighted by atomic mass is 9.98. The monoisotopic (exact) mass is 755 g/mol. The van der Waals surface area contributed by atoms with Crippen molar-refractivity contribution in [3.05, 3.63) is 65.7 Å². The topological polar surface area (TPSA) is 267 Å². The van der Waals surface area contributed by atoms with Crippen LogP contribution in [-0.4, -0.2) is 93.5 Å². The molecule has 0 aliphatic carbocycles. The summed E-state index contributed by atoms with van der Waals surface area (Å²) < 4.78 is 5.39. The van der Waals surface area contributed by atoms with Crippen molar-refractivity contribution in [3.63, 3.8) is 0 Å². The second kappa shape index (κ2) is 21.6. The zero-order valence-electron chi connectivity index (χ0n) is 30.8. The predicted octanol–water partition coefficient (Wildman–Crippen LogP) is 1.06. The Morgan fingerprint density at radius 1 is 0.704 bits per heavy atom. The number of amides is 5. The molecule has 0 unspecified atom stereocenters. The Morgan fingerprint density at radius 2 is 1.28 bits per heavy atom. The second-order valence-corrected chi connectivity index (χ2v) is 13.1. The minimum Gasteiger partial charge on any atom is -0.481 e. The number of nitrogens with one attached hydrogen (secondary N) is 5. The molecule has 5 amide bonds. The third kappa shape index (κ3) is 14.3. The number of esters is 1. The number of hydrogen-bond acceptors (Lipinski definition) is 10. The van der Waals surface area contributed by atoms with Gasteiger partial charge in [0.2, 0.25) is 29.5 Å². The number of benzene rings is 2. The molecular weight excluding hydrogens is 706 g/mol. The van der Waals surface area contributed by atoms with Crippen LogP contribution in [0, 0.1) is 11.8 Å². The van der Waals surface area contributed by atoms with Crippen molar-refractivity contribution < 1.29 is 58.4 Å². The first-order valence-electron chi connectivity index (χ1n) is 17.4. The van der Waals surface area contributed by atoms with E-state index < -0.39 is 97.1 Å². The van der Waals surface area contributed by atoms with E-state index in [1.165, 1.54) is 31.2 Å². The van der Waals surface area contributed by atoms with Crippen LogP contribution in [0.2, 0.25) is 0 Å². The molecule has 17 nitrogen and oxygen atoms in total. The van der Waals surface area contributed by atoms with Crippen molar-refractivity contribution in [2.45, 2.75) is 90.5 Å². The summed E-state index contributed by atoms with van der Waals surface area (Å²) in [5.74, 6) is -8.13. The van der Waals surface area contributed by atoms with Gasteiger partial charge in [0.05, 0.1) is 12.2 Å². The summed E-state index contributed by atoms with van der Waals surface area (Å²) in [5.41, 5.74) is 0.334. The normalized spacial score (nSPS) is 14.2. The lowest BCUT2D eigenvalue weighted by molar-refractivity contribution is -0.143. The van der Waals surface area contributed by atoms with Crippen LogP contribution in [0.1, 0.15) is 82.3 Å². The van der Waals surface area contributed by atoms with Gasteiger partial charge in [-0.1, -0.05) is 64.4 Å². The maximum atomic E-state index is 13.9. The van der Waals surface area contributed by atoms with Crippen LogP contribution in [-0.2, 0) is 33.6 Å². The molecule has 0 heterocycles. The third-order valence-corrected chi connectivity index (χ3v) is 8.25. The molecule has 0 fully saturated rings. The number of aliphatic hydroxyl groups is 1. The van der Waals surface area contributed by atoms with Crippen LogP contribution in [0.4, 0.5) is 0 Å². The maximum absolute atomic E-state index is 13.9. The minimum atomic E-state index is -1.66. The molecule has 2 aromatic carbocycles. The number of aliphatic hydroxyl groups excluding tert-OH is 1. The van der Waals surface area contributed by atoms with Gasteiger partial charge in [0, 0.05) is 13.3 Å². The first-order valence-corrected chi connectivity index (χ1v) is 17.4. The van der Waals surface area contributed by atoms with Crippen LogP contribution in [0.3, 0.4) is 0 Å². The molecule has 2 rings (SSSR count). The Kier molecular flexibility index (Phi) is 17.8. The van der Waals surface area contributed by atoms with Crippen LogP contribution < -0.4 is 31.3 Å². The molecule has 0 radical (unpaired) electrons. The number of carboxylic acids is 2. The fraction of sp³-hybridized carbons (Fsp3) is 0.459. The van der Waals surface area contributed by atoms with E-state index in [9.17, 15) is 53.7 Å². The van der Waals surface area contributed by atoms with Crippen LogP contribution >= 0.6 is 0 Å². The largest absolute Gasteiger partial charge is 0.481 e. The Morgan fingerprint density at radius 3 is 1.80 bits per heavy atom. The van der Waals surface area contributed by atoms with E-state index in [-0.39, 0.29) is 35.1 Å². The van der Waals surface area contributed by atoms with Crippen LogP contribution in [0.5, 0.6) is 5.75 Å². The van der Waals surface area contributed by atoms with Gasteiger partial charge in [0.1, 0.15) is 36.0 Å². The van der Waals surface area contributed by atoms with Crippen molar-refractivity contribution in [1.82, 2.24) is 26.6 Å². The number of rotatable bonds is 21. The molecule has 294 valence electrons. The van der Waals surface area contributed by atoms with E-state index in [2.05, 4.69) is 26.6 Å². The average Bonchev–Trinajstić information content (AvgIpc) is 3.12. The van der Waals surface area contributed by atoms with E-state index in [0.717, 1.165) is 0 Å². The summed E-state index contributed by atoms with van der Waals surface area (Å²) in [5, 5.41) is 41.1. The molecular formula is C37H49N5O12. The highest BCUT2D eigenvalue weighted by Crippen LogP contribution is 2.21. The van der Waals surface area contributed by atoms with Crippen molar-refractivity contribution in [3.8, 4) is 5.75 Å². The molecule has 0 aliphatic rings. The molecule has 2 aromatic rings. The van der Waals surface area contributed by atoms with Gasteiger partial charge in [0.15, 0.2) is 0 Å². The first-order chi connectivity index (χ1) is 25.5. The fourth-order valence-corrected chi connectivity index (χ4v) is 5.15. The molecule has 6 atom stereocenters. The summed E-state index contributed by atoms with van der Waals surface area (Å²) >= 11 is 0. The highest BCUT2D eigenvalue weighted by Gasteiger charge is 2.34. The standard InChI is InChI=1S/C37H49N5O12/c1-6-21(4)30(38-22(5)44)34(49)41-28(19-43)33(48)42-31(23-12-14-25(15-13-23)54-37(53)24-10-8-7-9-11-24)35(50)39-26(16-17-29(45)46)32(47)40-27(36(51)52)18-20(2)3/h7-15,20-21,26-28,30-31,43H,6,16-19H2,1-5H3,(H,38,44)(H,39,50)(H,40,47)(H,41,49)(H,42,48)(H,45,46)(H,51,52)/t21-,26-,27-,28-,30-,31-/m0/s1. The smallest absolute Gasteiger partial charge is 0.343 e. The number of ether oxygens (including phenoxy) is 1. The number of hydrogen-bond donors (Lipinski definition) is 8. The van der Waals surface area contributed by atoms with Crippen LogP contribution in [0.15, 0.2) is 54.6 Å². The van der Waals surface area contributed by atoms with Gasteiger partial charge in [-0.05, 0) is 54.5 Å². The zero-order chi connectivity index (χ0) is 40.5. The highest BCUT2D eigenvalue weighted by molar-refractivity contribution is 5.97. The van der Waals surface area contributed by atoms with Gasteiger partial charge >= 0.3 is 17.9 Å². The Balaban J connectivity index is 2.46. The Hall–Kier alpha value is -5.84. The zero-order valence-corrected chi connectivity index (χ0v) is 30.8. The molecule has 0 saturated heterocycles. The minimum absolute atomic E-state index is 0.0364. The quantitative estimate of drug-likeness (QED) is 0.0657. The van der Waals surface area contributed by atoms with Crippen molar-refractivity contribution in [2.24, 2.45) is 11.8 Å². The van der Waals surface area contributed by atoms with E-state index >= 15 is 0 Å². The van der Waals surface area contributed by atoms with Gasteiger partial charge in [0.25, 0.3) is 0 Å². The van der Waals surface area contributed by atoms with Crippen molar-refractivity contribution >= 4 is 47.4 Å². The molecule has 0 saturated carbocycles. The Labute approximate surface area is 312 Å². The summed E-state index contributed by atoms with van der Waals surface area (Å²) in [4.78, 5) is 102. The summed E-state index contributed by atoms with van der Waals surface area (Å²) in [7, 11) is 0. The third-order valence-electron chi connectivity index (χ3n) is 8.25. The molecule has 0 bridgehead atoms. The van der Waals surface area contributed by atoms with E-state index in [0.29, 0.717) is 6.42 Å². The number of carbonyl (C=O) groups is 8. The predicted molar refractivity (Wildman–Crippen MR) is 193 cm³/mol. The van der Waals surface area contributed by atoms with Gasteiger partial charge in [-0.25, -0.2) is 9.59 Å². The lowest BCUT2D eigenvalue weighted by Gasteiger charge is -2.27. The van der Waals surface area contributed by atoms with Crippen LogP contribution in [0.25, 0.3) is 0 Å². The molecule has 54 heavy (non-hydrogen) atoms. The summed E-state index contributed by atoms with van der Waals surface area (Å²) in [6.07, 6.45) is -0.530. The average molecular weight is 756 g/mol. The summed E-state index contributed by atoms with van der Waals surface area (Å²) in [6, 6.07) is 6.15. The molecule has 0 spiro atoms. The molecule has 0 aromatic heterocycles. The number of carboxylic acid groups (broad SMARTS) is 2. The Bertz CT molecular complexity index is 1630. The maximum Gasteiger partial charge on any atom is 0.343 e. The second-order valence-electron chi connectivity index (χ2n) is 13.1. The number of carbonyl (C=O) groups excluding carboxylic acids is 6. The lowest BCUT2D eigenvalue weighted by Crippen LogP contribution is -2.58. The number of aliphatic carboxylic acids is 2. The van der Waals surface area contributed by atoms with E-state index in [1.54, 1.807) is 58.0 Å². The van der Waals surface area contributed by atoms with E-state index in [1.807, 2.05) is 0 Å². The van der Waals surface area contributed by atoms with E-state index in [4.69, 9.17) is 4.74 Å². The van der Waals surface area contributed by atoms with Gasteiger partial charge in [-0.3, -0.25) is 28.8 Å². The summed E-state index contributed by atoms with van der Waals surface area (Å²) in [6.45, 7) is 7.25. The molecule has 17 heteroatoms. The van der Waals surface area contributed by atoms with Gasteiger partial charge < -0.3 is 46.6 Å². The van der Waals surface area contributed by atoms with Gasteiger partial charge in [-0.2, -0.15) is 0 Å². The SMILES string of the molecule is CC[C@H](C)[C@H](NC(C)=O)C(=O)N[C@@H](CO)C(=O)N[C@H](C(=O)N[C@@H](CCC(=O)O)C(=O)N[C@@H](CC(C)C)C(=O)O)c1ccc(OC(=O)c2ccccc2)cc1. The van der Waals surface area contributed by atoms with Crippen molar-refractivity contribution in [1.29, 1.82) is 0 Å². The fourth-order valence-electron chi connectivity index (χ4n) is 5.15. The first kappa shape index (κ1) is 44.3. The molecule has 0 aliphatic heterocycles. The van der Waals surface area contributed by atoms with Crippen molar-refractivity contribution in [2.75, 3.05) is 6.61 Å².